The monoisotopic (exact) mass is 291 g/mol. The van der Waals surface area contributed by atoms with Gasteiger partial charge in [0.05, 0.1) is 24.0 Å². The Kier molecular flexibility index (Phi) is 5.07. The summed E-state index contributed by atoms with van der Waals surface area (Å²) in [6, 6.07) is 5.85. The lowest BCUT2D eigenvalue weighted by Gasteiger charge is -2.20. The fourth-order valence-electron chi connectivity index (χ4n) is 2.72. The van der Waals surface area contributed by atoms with E-state index in [2.05, 4.69) is 28.8 Å². The van der Waals surface area contributed by atoms with Crippen LogP contribution in [0.25, 0.3) is 0 Å². The van der Waals surface area contributed by atoms with E-state index >= 15 is 0 Å². The number of carbonyl (C=O) groups is 1. The predicted molar refractivity (Wildman–Crippen MR) is 85.5 cm³/mol. The molecule has 1 fully saturated rings. The number of rotatable bonds is 5. The molecule has 0 bridgehead atoms. The minimum Gasteiger partial charge on any atom is -0.465 e. The van der Waals surface area contributed by atoms with Crippen molar-refractivity contribution in [3.8, 4) is 0 Å². The zero-order chi connectivity index (χ0) is 15.4. The number of methoxy groups -OCH3 is 1. The molecule has 21 heavy (non-hydrogen) atoms. The van der Waals surface area contributed by atoms with Gasteiger partial charge >= 0.3 is 5.97 Å². The molecule has 0 spiro atoms. The van der Waals surface area contributed by atoms with Gasteiger partial charge in [0.15, 0.2) is 0 Å². The van der Waals surface area contributed by atoms with Crippen molar-refractivity contribution in [3.63, 3.8) is 0 Å². The second-order valence-electron chi connectivity index (χ2n) is 5.92. The molecule has 1 atom stereocenters. The lowest BCUT2D eigenvalue weighted by Crippen LogP contribution is -2.29. The highest BCUT2D eigenvalue weighted by Crippen LogP contribution is 2.23. The topological polar surface area (TPSA) is 67.6 Å². The van der Waals surface area contributed by atoms with Crippen LogP contribution in [-0.4, -0.2) is 43.7 Å². The van der Waals surface area contributed by atoms with Crippen molar-refractivity contribution in [2.24, 2.45) is 5.92 Å². The smallest absolute Gasteiger partial charge is 0.337 e. The van der Waals surface area contributed by atoms with Gasteiger partial charge in [-0.05, 0) is 50.9 Å². The summed E-state index contributed by atoms with van der Waals surface area (Å²) in [6.07, 6.45) is 1.21. The van der Waals surface area contributed by atoms with Crippen LogP contribution in [0.3, 0.4) is 0 Å². The van der Waals surface area contributed by atoms with Gasteiger partial charge in [0.2, 0.25) is 0 Å². The quantitative estimate of drug-likeness (QED) is 0.643. The average molecular weight is 291 g/mol. The first-order valence-corrected chi connectivity index (χ1v) is 7.47. The highest BCUT2D eigenvalue weighted by atomic mass is 16.5. The number of esters is 1. The Morgan fingerprint density at radius 1 is 1.52 bits per heavy atom. The highest BCUT2D eigenvalue weighted by molar-refractivity contribution is 5.91. The van der Waals surface area contributed by atoms with E-state index in [0.717, 1.165) is 18.8 Å². The number of carbonyl (C=O) groups excluding carboxylic acids is 1. The Morgan fingerprint density at radius 2 is 2.29 bits per heavy atom. The van der Waals surface area contributed by atoms with Gasteiger partial charge in [-0.15, -0.1) is 0 Å². The molecule has 1 aromatic carbocycles. The minimum atomic E-state index is -0.364. The summed E-state index contributed by atoms with van der Waals surface area (Å²) < 4.78 is 4.69. The van der Waals surface area contributed by atoms with Crippen LogP contribution in [0.5, 0.6) is 0 Å². The first-order valence-electron chi connectivity index (χ1n) is 7.47. The van der Waals surface area contributed by atoms with Crippen molar-refractivity contribution >= 4 is 17.3 Å². The third kappa shape index (κ3) is 3.88. The van der Waals surface area contributed by atoms with Crippen molar-refractivity contribution in [1.29, 1.82) is 0 Å². The molecular weight excluding hydrogens is 266 g/mol. The van der Waals surface area contributed by atoms with E-state index in [4.69, 9.17) is 5.73 Å². The molecule has 0 aliphatic carbocycles. The summed E-state index contributed by atoms with van der Waals surface area (Å²) in [5, 5.41) is 3.39. The van der Waals surface area contributed by atoms with Gasteiger partial charge in [-0.3, -0.25) is 0 Å². The number of nitrogen functional groups attached to an aromatic ring is 1. The number of nitrogens with two attached hydrogens (primary N) is 1. The van der Waals surface area contributed by atoms with Crippen LogP contribution in [0.15, 0.2) is 18.2 Å². The van der Waals surface area contributed by atoms with E-state index in [1.165, 1.54) is 20.1 Å². The molecule has 2 rings (SSSR count). The number of ether oxygens (including phenoxy) is 1. The molecule has 5 heteroatoms. The van der Waals surface area contributed by atoms with Crippen molar-refractivity contribution in [3.05, 3.63) is 23.8 Å². The average Bonchev–Trinajstić information content (AvgIpc) is 2.94. The number of nitrogens with one attached hydrogen (secondary N) is 1. The maximum absolute atomic E-state index is 11.4. The number of nitrogens with zero attached hydrogens (tertiary/aromatic N) is 1. The number of anilines is 2. The highest BCUT2D eigenvalue weighted by Gasteiger charge is 2.23. The summed E-state index contributed by atoms with van der Waals surface area (Å²) in [5.74, 6) is 0.281. The predicted octanol–water partition coefficient (Wildman–Crippen LogP) is 2.20. The largest absolute Gasteiger partial charge is 0.465 e. The van der Waals surface area contributed by atoms with Crippen molar-refractivity contribution in [1.82, 2.24) is 4.90 Å². The van der Waals surface area contributed by atoms with Gasteiger partial charge in [0, 0.05) is 19.1 Å². The molecule has 1 aliphatic heterocycles. The Hall–Kier alpha value is -1.75. The lowest BCUT2D eigenvalue weighted by atomic mass is 10.1. The maximum atomic E-state index is 11.4. The van der Waals surface area contributed by atoms with Gasteiger partial charge in [0.1, 0.15) is 0 Å². The Balaban J connectivity index is 1.91. The summed E-state index contributed by atoms with van der Waals surface area (Å²) in [7, 11) is 1.37. The zero-order valence-corrected chi connectivity index (χ0v) is 13.1. The maximum Gasteiger partial charge on any atom is 0.337 e. The van der Waals surface area contributed by atoms with Gasteiger partial charge in [-0.2, -0.15) is 0 Å². The van der Waals surface area contributed by atoms with E-state index in [1.54, 1.807) is 12.1 Å². The molecule has 0 saturated carbocycles. The third-order valence-corrected chi connectivity index (χ3v) is 4.10. The Bertz CT molecular complexity index is 502. The van der Waals surface area contributed by atoms with Gasteiger partial charge in [-0.25, -0.2) is 4.79 Å². The van der Waals surface area contributed by atoms with Crippen LogP contribution in [0, 0.1) is 5.92 Å². The molecule has 0 radical (unpaired) electrons. The van der Waals surface area contributed by atoms with E-state index in [9.17, 15) is 4.79 Å². The van der Waals surface area contributed by atoms with Crippen LogP contribution < -0.4 is 11.1 Å². The second kappa shape index (κ2) is 6.80. The molecule has 5 nitrogen and oxygen atoms in total. The summed E-state index contributed by atoms with van der Waals surface area (Å²) in [4.78, 5) is 13.9. The minimum absolute atomic E-state index is 0.364. The fraction of sp³-hybridized carbons (Fsp3) is 0.562. The van der Waals surface area contributed by atoms with E-state index in [1.807, 2.05) is 6.07 Å². The van der Waals surface area contributed by atoms with E-state index in [0.29, 0.717) is 23.2 Å². The van der Waals surface area contributed by atoms with E-state index in [-0.39, 0.29) is 5.97 Å². The van der Waals surface area contributed by atoms with Crippen molar-refractivity contribution < 1.29 is 9.53 Å². The molecule has 0 aromatic heterocycles. The van der Waals surface area contributed by atoms with Crippen LogP contribution in [-0.2, 0) is 4.74 Å². The fourth-order valence-corrected chi connectivity index (χ4v) is 2.72. The first-order chi connectivity index (χ1) is 10.0. The van der Waals surface area contributed by atoms with Crippen molar-refractivity contribution in [2.75, 3.05) is 37.8 Å². The molecule has 3 N–H and O–H groups in total. The number of likely N-dealkylation sites (tertiary alicyclic amines) is 1. The van der Waals surface area contributed by atoms with Gasteiger partial charge in [0.25, 0.3) is 0 Å². The summed E-state index contributed by atoms with van der Waals surface area (Å²) >= 11 is 0. The third-order valence-electron chi connectivity index (χ3n) is 4.10. The standard InChI is InChI=1S/C16H25N3O2/c1-11(2)19-7-6-12(10-19)9-18-15-5-4-13(8-14(15)17)16(20)21-3/h4-5,8,11-12,18H,6-7,9-10,17H2,1-3H3. The van der Waals surface area contributed by atoms with Gasteiger partial charge in [-0.1, -0.05) is 0 Å². The van der Waals surface area contributed by atoms with Crippen LogP contribution >= 0.6 is 0 Å². The molecule has 1 heterocycles. The molecule has 1 aromatic rings. The number of hydrogen-bond donors (Lipinski definition) is 2. The normalized spacial score (nSPS) is 19.0. The molecule has 1 saturated heterocycles. The van der Waals surface area contributed by atoms with Crippen LogP contribution in [0.1, 0.15) is 30.6 Å². The SMILES string of the molecule is COC(=O)c1ccc(NCC2CCN(C(C)C)C2)c(N)c1. The number of benzene rings is 1. The first kappa shape index (κ1) is 15.6. The Labute approximate surface area is 126 Å². The zero-order valence-electron chi connectivity index (χ0n) is 13.1. The van der Waals surface area contributed by atoms with Crippen LogP contribution in [0.2, 0.25) is 0 Å². The summed E-state index contributed by atoms with van der Waals surface area (Å²) in [5.41, 5.74) is 7.93. The number of hydrogen-bond acceptors (Lipinski definition) is 5. The lowest BCUT2D eigenvalue weighted by molar-refractivity contribution is 0.0601. The van der Waals surface area contributed by atoms with Crippen molar-refractivity contribution in [2.45, 2.75) is 26.3 Å². The molecule has 1 unspecified atom stereocenters. The van der Waals surface area contributed by atoms with Gasteiger partial charge < -0.3 is 20.7 Å². The molecule has 116 valence electrons. The molecular formula is C16H25N3O2. The van der Waals surface area contributed by atoms with E-state index < -0.39 is 0 Å². The summed E-state index contributed by atoms with van der Waals surface area (Å²) in [6.45, 7) is 7.68. The van der Waals surface area contributed by atoms with Crippen LogP contribution in [0.4, 0.5) is 11.4 Å². The molecule has 0 amide bonds. The molecule has 1 aliphatic rings. The Morgan fingerprint density at radius 3 is 2.86 bits per heavy atom. The second-order valence-corrected chi connectivity index (χ2v) is 5.92.